The second-order valence-electron chi connectivity index (χ2n) is 7.99. The molecule has 0 radical (unpaired) electrons. The fraction of sp³-hybridized carbons (Fsp3) is 0.304. The number of carbonyl (C=O) groups is 2. The number of aliphatic carboxylic acids is 1. The van der Waals surface area contributed by atoms with E-state index in [-0.39, 0.29) is 35.2 Å². The highest BCUT2D eigenvalue weighted by atomic mass is 35.5. The van der Waals surface area contributed by atoms with Crippen molar-refractivity contribution in [3.63, 3.8) is 0 Å². The molecule has 1 aliphatic carbocycles. The number of hydrogen-bond donors (Lipinski definition) is 3. The molecule has 0 aliphatic heterocycles. The second kappa shape index (κ2) is 9.99. The van der Waals surface area contributed by atoms with E-state index in [1.165, 1.54) is 12.1 Å². The Morgan fingerprint density at radius 3 is 2.61 bits per heavy atom. The number of carboxylic acids is 1. The van der Waals surface area contributed by atoms with Gasteiger partial charge in [0.05, 0.1) is 10.7 Å². The third kappa shape index (κ3) is 5.67. The maximum absolute atomic E-state index is 13.2. The summed E-state index contributed by atoms with van der Waals surface area (Å²) < 4.78 is 18.5. The van der Waals surface area contributed by atoms with Gasteiger partial charge in [0.2, 0.25) is 0 Å². The maximum Gasteiger partial charge on any atom is 0.320 e. The predicted molar refractivity (Wildman–Crippen MR) is 120 cm³/mol. The van der Waals surface area contributed by atoms with Gasteiger partial charge in [0.25, 0.3) is 0 Å². The summed E-state index contributed by atoms with van der Waals surface area (Å²) in [6.07, 6.45) is 4.17. The van der Waals surface area contributed by atoms with Crippen LogP contribution in [0.3, 0.4) is 0 Å². The van der Waals surface area contributed by atoms with Crippen LogP contribution in [0.1, 0.15) is 54.3 Å². The number of benzene rings is 2. The summed E-state index contributed by atoms with van der Waals surface area (Å²) in [6, 6.07) is 11.1. The molecule has 0 bridgehead atoms. The van der Waals surface area contributed by atoms with Crippen molar-refractivity contribution in [1.29, 1.82) is 0 Å². The van der Waals surface area contributed by atoms with E-state index in [4.69, 9.17) is 16.0 Å². The fourth-order valence-electron chi connectivity index (χ4n) is 4.18. The van der Waals surface area contributed by atoms with Crippen LogP contribution in [0.4, 0.5) is 21.8 Å². The summed E-state index contributed by atoms with van der Waals surface area (Å²) in [4.78, 5) is 23.7. The van der Waals surface area contributed by atoms with Crippen molar-refractivity contribution in [2.75, 3.05) is 10.6 Å². The van der Waals surface area contributed by atoms with E-state index < -0.39 is 17.7 Å². The van der Waals surface area contributed by atoms with E-state index in [1.807, 2.05) is 12.1 Å². The molecule has 0 saturated heterocycles. The Bertz CT molecular complexity index is 1150. The van der Waals surface area contributed by atoms with Crippen LogP contribution in [-0.4, -0.2) is 27.2 Å². The minimum absolute atomic E-state index is 0.0641. The first-order valence-corrected chi connectivity index (χ1v) is 11.0. The highest BCUT2D eigenvalue weighted by molar-refractivity contribution is 6.33. The zero-order valence-corrected chi connectivity index (χ0v) is 18.3. The van der Waals surface area contributed by atoms with E-state index >= 15 is 0 Å². The molecule has 1 amide bonds. The molecule has 1 heterocycles. The van der Waals surface area contributed by atoms with Crippen LogP contribution < -0.4 is 10.6 Å². The predicted octanol–water partition coefficient (Wildman–Crippen LogP) is 5.61. The molecule has 4 rings (SSSR count). The van der Waals surface area contributed by atoms with Crippen LogP contribution >= 0.6 is 11.6 Å². The van der Waals surface area contributed by atoms with Gasteiger partial charge < -0.3 is 20.2 Å². The van der Waals surface area contributed by atoms with Crippen LogP contribution in [0.2, 0.25) is 5.02 Å². The summed E-state index contributed by atoms with van der Waals surface area (Å²) in [5.74, 6) is -1.78. The summed E-state index contributed by atoms with van der Waals surface area (Å²) >= 11 is 5.96. The Morgan fingerprint density at radius 1 is 1.12 bits per heavy atom. The molecule has 8 nitrogen and oxygen atoms in total. The van der Waals surface area contributed by atoms with Crippen LogP contribution in [0.5, 0.6) is 0 Å². The van der Waals surface area contributed by atoms with Crippen molar-refractivity contribution in [2.45, 2.75) is 38.0 Å². The quantitative estimate of drug-likeness (QED) is 0.409. The molecule has 3 N–H and O–H groups in total. The molecule has 33 heavy (non-hydrogen) atoms. The largest absolute Gasteiger partial charge is 0.481 e. The number of carboxylic acid groups (broad SMARTS) is 1. The standard InChI is InChI=1S/C23H22ClFN4O4/c24-18-12-15(25)7-10-19(18)27-23-29-28-22(33-23)21(32)26-16-8-5-13(6-9-16)17-4-2-1-3-14(17)11-20(30)31/h5-10,12,14,17H,1-4,11H2,(H,26,32)(H,27,29)(H,30,31). The summed E-state index contributed by atoms with van der Waals surface area (Å²) in [5, 5.41) is 22.2. The Labute approximate surface area is 194 Å². The number of halogens is 2. The summed E-state index contributed by atoms with van der Waals surface area (Å²) in [7, 11) is 0. The molecular formula is C23H22ClFN4O4. The summed E-state index contributed by atoms with van der Waals surface area (Å²) in [5.41, 5.74) is 1.97. The van der Waals surface area contributed by atoms with Gasteiger partial charge in [-0.25, -0.2) is 4.39 Å². The molecule has 1 fully saturated rings. The zero-order chi connectivity index (χ0) is 23.4. The third-order valence-corrected chi connectivity index (χ3v) is 6.05. The lowest BCUT2D eigenvalue weighted by molar-refractivity contribution is -0.138. The van der Waals surface area contributed by atoms with Crippen molar-refractivity contribution in [3.05, 3.63) is 64.8 Å². The van der Waals surface area contributed by atoms with Gasteiger partial charge in [0.15, 0.2) is 0 Å². The lowest BCUT2D eigenvalue weighted by Gasteiger charge is -2.31. The highest BCUT2D eigenvalue weighted by Crippen LogP contribution is 2.40. The Morgan fingerprint density at radius 2 is 1.88 bits per heavy atom. The average molecular weight is 473 g/mol. The first-order valence-electron chi connectivity index (χ1n) is 10.6. The van der Waals surface area contributed by atoms with Gasteiger partial charge >= 0.3 is 23.8 Å². The van der Waals surface area contributed by atoms with Crippen molar-refractivity contribution in [3.8, 4) is 0 Å². The van der Waals surface area contributed by atoms with Gasteiger partial charge in [0, 0.05) is 12.1 Å². The van der Waals surface area contributed by atoms with E-state index in [0.717, 1.165) is 37.3 Å². The molecule has 10 heteroatoms. The number of rotatable bonds is 7. The molecule has 2 aromatic carbocycles. The van der Waals surface area contributed by atoms with Gasteiger partial charge in [-0.1, -0.05) is 41.7 Å². The first kappa shape index (κ1) is 22.7. The van der Waals surface area contributed by atoms with Crippen LogP contribution in [-0.2, 0) is 4.79 Å². The fourth-order valence-corrected chi connectivity index (χ4v) is 4.40. The average Bonchev–Trinajstić information content (AvgIpc) is 3.25. The number of anilines is 3. The van der Waals surface area contributed by atoms with Crippen LogP contribution in [0.25, 0.3) is 0 Å². The number of carbonyl (C=O) groups excluding carboxylic acids is 1. The van der Waals surface area contributed by atoms with Gasteiger partial charge in [-0.15, -0.1) is 5.10 Å². The van der Waals surface area contributed by atoms with E-state index in [9.17, 15) is 19.1 Å². The van der Waals surface area contributed by atoms with E-state index in [1.54, 1.807) is 12.1 Å². The second-order valence-corrected chi connectivity index (χ2v) is 8.39. The Balaban J connectivity index is 1.39. The lowest BCUT2D eigenvalue weighted by atomic mass is 9.74. The molecule has 2 atom stereocenters. The summed E-state index contributed by atoms with van der Waals surface area (Å²) in [6.45, 7) is 0. The topological polar surface area (TPSA) is 117 Å². The number of nitrogens with zero attached hydrogens (tertiary/aromatic N) is 2. The zero-order valence-electron chi connectivity index (χ0n) is 17.6. The molecule has 172 valence electrons. The van der Waals surface area contributed by atoms with Crippen molar-refractivity contribution in [1.82, 2.24) is 10.2 Å². The lowest BCUT2D eigenvalue weighted by Crippen LogP contribution is -2.21. The normalized spacial score (nSPS) is 18.0. The molecular weight excluding hydrogens is 451 g/mol. The number of nitrogens with one attached hydrogen (secondary N) is 2. The highest BCUT2D eigenvalue weighted by Gasteiger charge is 2.28. The van der Waals surface area contributed by atoms with Gasteiger partial charge in [-0.05, 0) is 60.6 Å². The van der Waals surface area contributed by atoms with E-state index in [0.29, 0.717) is 11.4 Å². The molecule has 2 unspecified atom stereocenters. The number of amides is 1. The smallest absolute Gasteiger partial charge is 0.320 e. The molecule has 3 aromatic rings. The molecule has 1 aromatic heterocycles. The van der Waals surface area contributed by atoms with E-state index in [2.05, 4.69) is 20.8 Å². The van der Waals surface area contributed by atoms with Crippen molar-refractivity contribution < 1.29 is 23.5 Å². The van der Waals surface area contributed by atoms with Crippen molar-refractivity contribution in [2.24, 2.45) is 5.92 Å². The van der Waals surface area contributed by atoms with Gasteiger partial charge in [-0.3, -0.25) is 9.59 Å². The van der Waals surface area contributed by atoms with Gasteiger partial charge in [0.1, 0.15) is 5.82 Å². The van der Waals surface area contributed by atoms with Gasteiger partial charge in [-0.2, -0.15) is 0 Å². The number of aromatic nitrogens is 2. The Hall–Kier alpha value is -3.46. The third-order valence-electron chi connectivity index (χ3n) is 5.73. The minimum atomic E-state index is -0.772. The van der Waals surface area contributed by atoms with Crippen LogP contribution in [0.15, 0.2) is 46.9 Å². The molecule has 0 spiro atoms. The Kier molecular flexibility index (Phi) is 6.88. The first-order chi connectivity index (χ1) is 15.9. The maximum atomic E-state index is 13.2. The number of hydrogen-bond acceptors (Lipinski definition) is 6. The van der Waals surface area contributed by atoms with Crippen molar-refractivity contribution >= 4 is 40.9 Å². The minimum Gasteiger partial charge on any atom is -0.481 e. The SMILES string of the molecule is O=C(O)CC1CCCCC1c1ccc(NC(=O)c2nnc(Nc3ccc(F)cc3Cl)o2)cc1. The molecule has 1 saturated carbocycles. The monoisotopic (exact) mass is 472 g/mol. The molecule has 1 aliphatic rings. The van der Waals surface area contributed by atoms with Crippen LogP contribution in [0, 0.1) is 11.7 Å².